The predicted molar refractivity (Wildman–Crippen MR) is 115 cm³/mol. The monoisotopic (exact) mass is 395 g/mol. The molecule has 2 aromatic carbocycles. The molecule has 3 aromatic rings. The Morgan fingerprint density at radius 3 is 2.57 bits per heavy atom. The Morgan fingerprint density at radius 2 is 1.82 bits per heavy atom. The third kappa shape index (κ3) is 5.01. The lowest BCUT2D eigenvalue weighted by Crippen LogP contribution is -2.28. The summed E-state index contributed by atoms with van der Waals surface area (Å²) in [6.45, 7) is 4.54. The van der Waals surface area contributed by atoms with Crippen LogP contribution in [0.4, 0.5) is 0 Å². The van der Waals surface area contributed by atoms with Gasteiger partial charge in [-0.1, -0.05) is 54.2 Å². The molecule has 6 heteroatoms. The van der Waals surface area contributed by atoms with Crippen molar-refractivity contribution in [2.24, 2.45) is 0 Å². The number of thioether (sulfide) groups is 1. The van der Waals surface area contributed by atoms with Crippen LogP contribution in [0.25, 0.3) is 10.9 Å². The molecule has 1 heterocycles. The van der Waals surface area contributed by atoms with Crippen molar-refractivity contribution in [2.75, 3.05) is 12.3 Å². The van der Waals surface area contributed by atoms with Crippen molar-refractivity contribution in [3.8, 4) is 0 Å². The Hall–Kier alpha value is -2.60. The molecule has 0 saturated carbocycles. The number of benzene rings is 2. The smallest absolute Gasteiger partial charge is 0.262 e. The van der Waals surface area contributed by atoms with Gasteiger partial charge in [0.2, 0.25) is 5.91 Å². The van der Waals surface area contributed by atoms with Gasteiger partial charge in [0.1, 0.15) is 0 Å². The third-order valence-electron chi connectivity index (χ3n) is 4.43. The number of para-hydroxylation sites is 1. The number of hydrogen-bond donors (Lipinski definition) is 1. The molecule has 0 aliphatic rings. The van der Waals surface area contributed by atoms with Gasteiger partial charge in [0.25, 0.3) is 5.56 Å². The summed E-state index contributed by atoms with van der Waals surface area (Å²) in [5.74, 6) is 0.193. The van der Waals surface area contributed by atoms with Crippen LogP contribution in [0, 0.1) is 0 Å². The number of aromatic nitrogens is 2. The molecule has 28 heavy (non-hydrogen) atoms. The number of fused-ring (bicyclic) bond motifs is 1. The molecule has 0 radical (unpaired) electrons. The molecule has 1 aromatic heterocycles. The van der Waals surface area contributed by atoms with E-state index in [2.05, 4.69) is 22.4 Å². The number of aryl methyl sites for hydroxylation is 1. The molecule has 146 valence electrons. The maximum atomic E-state index is 12.8. The van der Waals surface area contributed by atoms with E-state index in [9.17, 15) is 9.59 Å². The number of nitrogens with zero attached hydrogens (tertiary/aromatic N) is 2. The minimum absolute atomic E-state index is 0.0268. The first-order valence-electron chi connectivity index (χ1n) is 9.51. The average molecular weight is 396 g/mol. The van der Waals surface area contributed by atoms with Crippen molar-refractivity contribution in [2.45, 2.75) is 37.9 Å². The van der Waals surface area contributed by atoms with Gasteiger partial charge in [-0.2, -0.15) is 0 Å². The summed E-state index contributed by atoms with van der Waals surface area (Å²) in [7, 11) is 0. The fourth-order valence-corrected chi connectivity index (χ4v) is 3.99. The van der Waals surface area contributed by atoms with Crippen LogP contribution in [-0.4, -0.2) is 27.8 Å². The fourth-order valence-electron chi connectivity index (χ4n) is 3.03. The highest BCUT2D eigenvalue weighted by Crippen LogP contribution is 2.20. The van der Waals surface area contributed by atoms with Gasteiger partial charge in [-0.05, 0) is 44.4 Å². The minimum Gasteiger partial charge on any atom is -0.355 e. The Morgan fingerprint density at radius 1 is 1.11 bits per heavy atom. The number of carbonyl (C=O) groups is 1. The first-order valence-corrected chi connectivity index (χ1v) is 10.5. The third-order valence-corrected chi connectivity index (χ3v) is 5.38. The van der Waals surface area contributed by atoms with E-state index in [1.807, 2.05) is 50.2 Å². The highest BCUT2D eigenvalue weighted by molar-refractivity contribution is 7.99. The van der Waals surface area contributed by atoms with Crippen molar-refractivity contribution in [3.63, 3.8) is 0 Å². The Kier molecular flexibility index (Phi) is 6.87. The van der Waals surface area contributed by atoms with Gasteiger partial charge >= 0.3 is 0 Å². The number of carbonyl (C=O) groups excluding carboxylic acids is 1. The molecule has 5 nitrogen and oxygen atoms in total. The van der Waals surface area contributed by atoms with Gasteiger partial charge in [0.05, 0.1) is 16.7 Å². The SMILES string of the molecule is CC(C)n1c(SCC(=O)NCCCc2ccccc2)nc2ccccc2c1=O. The zero-order chi connectivity index (χ0) is 19.9. The van der Waals surface area contributed by atoms with E-state index in [0.717, 1.165) is 12.8 Å². The molecular formula is C22H25N3O2S. The van der Waals surface area contributed by atoms with Crippen LogP contribution in [0.15, 0.2) is 64.5 Å². The number of rotatable bonds is 8. The van der Waals surface area contributed by atoms with E-state index in [1.54, 1.807) is 10.6 Å². The van der Waals surface area contributed by atoms with E-state index in [-0.39, 0.29) is 23.3 Å². The predicted octanol–water partition coefficient (Wildman–Crippen LogP) is 3.82. The molecule has 1 amide bonds. The topological polar surface area (TPSA) is 64.0 Å². The van der Waals surface area contributed by atoms with Gasteiger partial charge < -0.3 is 5.32 Å². The van der Waals surface area contributed by atoms with E-state index < -0.39 is 0 Å². The summed E-state index contributed by atoms with van der Waals surface area (Å²) < 4.78 is 1.66. The van der Waals surface area contributed by atoms with Crippen molar-refractivity contribution in [1.82, 2.24) is 14.9 Å². The molecule has 1 N–H and O–H groups in total. The summed E-state index contributed by atoms with van der Waals surface area (Å²) in [6.07, 6.45) is 1.83. The molecule has 0 atom stereocenters. The van der Waals surface area contributed by atoms with Crippen molar-refractivity contribution in [3.05, 3.63) is 70.5 Å². The highest BCUT2D eigenvalue weighted by Gasteiger charge is 2.15. The maximum Gasteiger partial charge on any atom is 0.262 e. The summed E-state index contributed by atoms with van der Waals surface area (Å²) in [5.41, 5.74) is 1.87. The largest absolute Gasteiger partial charge is 0.355 e. The second kappa shape index (κ2) is 9.55. The fraction of sp³-hybridized carbons (Fsp3) is 0.318. The summed E-state index contributed by atoms with van der Waals surface area (Å²) in [4.78, 5) is 29.6. The van der Waals surface area contributed by atoms with Crippen molar-refractivity contribution in [1.29, 1.82) is 0 Å². The van der Waals surface area contributed by atoms with E-state index in [0.29, 0.717) is 22.6 Å². The lowest BCUT2D eigenvalue weighted by Gasteiger charge is -2.16. The molecule has 0 spiro atoms. The van der Waals surface area contributed by atoms with Crippen LogP contribution in [0.3, 0.4) is 0 Å². The summed E-state index contributed by atoms with van der Waals surface area (Å²) in [5, 5.41) is 4.13. The number of nitrogens with one attached hydrogen (secondary N) is 1. The molecule has 0 bridgehead atoms. The van der Waals surface area contributed by atoms with Gasteiger partial charge in [-0.3, -0.25) is 14.2 Å². The molecule has 0 saturated heterocycles. The lowest BCUT2D eigenvalue weighted by molar-refractivity contribution is -0.118. The Labute approximate surface area is 169 Å². The molecule has 3 rings (SSSR count). The van der Waals surface area contributed by atoms with E-state index >= 15 is 0 Å². The molecule has 0 aliphatic heterocycles. The summed E-state index contributed by atoms with van der Waals surface area (Å²) >= 11 is 1.31. The van der Waals surface area contributed by atoms with Gasteiger partial charge in [0.15, 0.2) is 5.16 Å². The van der Waals surface area contributed by atoms with Gasteiger partial charge in [0, 0.05) is 12.6 Å². The standard InChI is InChI=1S/C22H25N3O2S/c1-16(2)25-21(27)18-12-6-7-13-19(18)24-22(25)28-15-20(26)23-14-8-11-17-9-4-3-5-10-17/h3-7,9-10,12-13,16H,8,11,14-15H2,1-2H3,(H,23,26). The summed E-state index contributed by atoms with van der Waals surface area (Å²) in [6, 6.07) is 17.5. The van der Waals surface area contributed by atoms with Gasteiger partial charge in [-0.15, -0.1) is 0 Å². The number of amides is 1. The van der Waals surface area contributed by atoms with Crippen LogP contribution in [0.2, 0.25) is 0 Å². The van der Waals surface area contributed by atoms with E-state index in [4.69, 9.17) is 0 Å². The van der Waals surface area contributed by atoms with Crippen LogP contribution in [-0.2, 0) is 11.2 Å². The maximum absolute atomic E-state index is 12.8. The quantitative estimate of drug-likeness (QED) is 0.358. The second-order valence-electron chi connectivity index (χ2n) is 6.91. The lowest BCUT2D eigenvalue weighted by atomic mass is 10.1. The Balaban J connectivity index is 1.59. The first kappa shape index (κ1) is 20.1. The highest BCUT2D eigenvalue weighted by atomic mass is 32.2. The minimum atomic E-state index is -0.0635. The average Bonchev–Trinajstić information content (AvgIpc) is 2.70. The molecule has 0 unspecified atom stereocenters. The van der Waals surface area contributed by atoms with Crippen LogP contribution in [0.1, 0.15) is 31.9 Å². The van der Waals surface area contributed by atoms with Crippen LogP contribution >= 0.6 is 11.8 Å². The Bertz CT molecular complexity index is 1000. The first-order chi connectivity index (χ1) is 13.6. The van der Waals surface area contributed by atoms with Gasteiger partial charge in [-0.25, -0.2) is 4.98 Å². The molecular weight excluding hydrogens is 370 g/mol. The zero-order valence-corrected chi connectivity index (χ0v) is 17.0. The second-order valence-corrected chi connectivity index (χ2v) is 7.85. The number of hydrogen-bond acceptors (Lipinski definition) is 4. The molecule has 0 aliphatic carbocycles. The van der Waals surface area contributed by atoms with Crippen molar-refractivity contribution >= 4 is 28.6 Å². The van der Waals surface area contributed by atoms with Crippen molar-refractivity contribution < 1.29 is 4.79 Å². The van der Waals surface area contributed by atoms with E-state index in [1.165, 1.54) is 17.3 Å². The zero-order valence-electron chi connectivity index (χ0n) is 16.2. The molecule has 0 fully saturated rings. The van der Waals surface area contributed by atoms with Crippen LogP contribution < -0.4 is 10.9 Å². The van der Waals surface area contributed by atoms with Crippen LogP contribution in [0.5, 0.6) is 0 Å². The normalized spacial score (nSPS) is 11.1.